The van der Waals surface area contributed by atoms with Gasteiger partial charge in [-0.1, -0.05) is 0 Å². The number of hydrogen-bond acceptors (Lipinski definition) is 5. The van der Waals surface area contributed by atoms with E-state index < -0.39 is 17.7 Å². The lowest BCUT2D eigenvalue weighted by Gasteiger charge is -2.12. The SMILES string of the molecule is O=C(O)c1cnc(C(=O)Nc2ccc(F)cc2OCC2CC2)cn1. The van der Waals surface area contributed by atoms with Crippen molar-refractivity contribution in [3.05, 3.63) is 47.8 Å². The first-order valence-corrected chi connectivity index (χ1v) is 7.32. The number of aromatic carboxylic acids is 1. The van der Waals surface area contributed by atoms with Gasteiger partial charge in [0.2, 0.25) is 0 Å². The lowest BCUT2D eigenvalue weighted by molar-refractivity contribution is 0.0689. The normalized spacial score (nSPS) is 13.4. The van der Waals surface area contributed by atoms with Gasteiger partial charge in [0, 0.05) is 6.07 Å². The van der Waals surface area contributed by atoms with Crippen LogP contribution < -0.4 is 10.1 Å². The van der Waals surface area contributed by atoms with Gasteiger partial charge < -0.3 is 15.2 Å². The molecule has 2 aromatic rings. The zero-order valence-electron chi connectivity index (χ0n) is 12.5. The van der Waals surface area contributed by atoms with Crippen LogP contribution in [0.25, 0.3) is 0 Å². The lowest BCUT2D eigenvalue weighted by atomic mass is 10.2. The molecule has 7 nitrogen and oxygen atoms in total. The van der Waals surface area contributed by atoms with Crippen molar-refractivity contribution in [1.82, 2.24) is 9.97 Å². The summed E-state index contributed by atoms with van der Waals surface area (Å²) in [7, 11) is 0. The smallest absolute Gasteiger partial charge is 0.356 e. The topological polar surface area (TPSA) is 101 Å². The lowest BCUT2D eigenvalue weighted by Crippen LogP contribution is -2.16. The van der Waals surface area contributed by atoms with Crippen LogP contribution in [-0.4, -0.2) is 33.6 Å². The summed E-state index contributed by atoms with van der Waals surface area (Å²) < 4.78 is 19.0. The minimum absolute atomic E-state index is 0.0579. The van der Waals surface area contributed by atoms with Crippen LogP contribution in [0.2, 0.25) is 0 Å². The molecule has 0 aliphatic heterocycles. The van der Waals surface area contributed by atoms with Gasteiger partial charge >= 0.3 is 5.97 Å². The number of halogens is 1. The Bertz CT molecular complexity index is 775. The number of hydrogen-bond donors (Lipinski definition) is 2. The number of carboxylic acids is 1. The zero-order chi connectivity index (χ0) is 17.1. The molecule has 0 saturated heterocycles. The molecule has 1 heterocycles. The van der Waals surface area contributed by atoms with Crippen LogP contribution in [0.15, 0.2) is 30.6 Å². The Hall–Kier alpha value is -3.03. The van der Waals surface area contributed by atoms with Crippen molar-refractivity contribution in [2.75, 3.05) is 11.9 Å². The third kappa shape index (κ3) is 3.83. The van der Waals surface area contributed by atoms with Crippen LogP contribution in [0.4, 0.5) is 10.1 Å². The molecule has 1 aromatic heterocycles. The molecule has 8 heteroatoms. The van der Waals surface area contributed by atoms with Crippen LogP contribution in [-0.2, 0) is 0 Å². The first kappa shape index (κ1) is 15.9. The number of aromatic nitrogens is 2. The summed E-state index contributed by atoms with van der Waals surface area (Å²) in [6, 6.07) is 3.81. The molecule has 24 heavy (non-hydrogen) atoms. The fraction of sp³-hybridized carbons (Fsp3) is 0.250. The van der Waals surface area contributed by atoms with Crippen molar-refractivity contribution in [2.45, 2.75) is 12.8 Å². The molecule has 0 atom stereocenters. The fourth-order valence-electron chi connectivity index (χ4n) is 1.95. The molecule has 2 N–H and O–H groups in total. The van der Waals surface area contributed by atoms with Gasteiger partial charge in [-0.2, -0.15) is 0 Å². The highest BCUT2D eigenvalue weighted by Crippen LogP contribution is 2.32. The van der Waals surface area contributed by atoms with E-state index in [4.69, 9.17) is 9.84 Å². The Kier molecular flexibility index (Phi) is 4.37. The molecular formula is C16H14FN3O4. The molecule has 1 saturated carbocycles. The molecule has 0 unspecified atom stereocenters. The van der Waals surface area contributed by atoms with Gasteiger partial charge in [-0.05, 0) is 30.9 Å². The summed E-state index contributed by atoms with van der Waals surface area (Å²) in [5.74, 6) is -1.58. The largest absolute Gasteiger partial charge is 0.491 e. The molecule has 3 rings (SSSR count). The van der Waals surface area contributed by atoms with Crippen molar-refractivity contribution in [1.29, 1.82) is 0 Å². The van der Waals surface area contributed by atoms with Crippen molar-refractivity contribution < 1.29 is 23.8 Å². The number of carbonyl (C=O) groups is 2. The second-order valence-electron chi connectivity index (χ2n) is 5.44. The van der Waals surface area contributed by atoms with Crippen LogP contribution in [0.1, 0.15) is 33.8 Å². The number of nitrogens with one attached hydrogen (secondary N) is 1. The summed E-state index contributed by atoms with van der Waals surface area (Å²) in [6.45, 7) is 0.472. The van der Waals surface area contributed by atoms with Crippen LogP contribution >= 0.6 is 0 Å². The molecule has 124 valence electrons. The number of rotatable bonds is 6. The van der Waals surface area contributed by atoms with Crippen molar-refractivity contribution >= 4 is 17.6 Å². The maximum atomic E-state index is 13.4. The molecule has 0 bridgehead atoms. The van der Waals surface area contributed by atoms with E-state index in [1.165, 1.54) is 18.2 Å². The van der Waals surface area contributed by atoms with Crippen LogP contribution in [0, 0.1) is 11.7 Å². The molecule has 1 fully saturated rings. The number of carbonyl (C=O) groups excluding carboxylic acids is 1. The predicted octanol–water partition coefficient (Wildman–Crippen LogP) is 2.36. The van der Waals surface area contributed by atoms with Crippen molar-refractivity contribution in [3.8, 4) is 5.75 Å². The number of amides is 1. The van der Waals surface area contributed by atoms with E-state index in [1.807, 2.05) is 0 Å². The molecule has 1 aliphatic rings. The Morgan fingerprint density at radius 3 is 2.58 bits per heavy atom. The minimum atomic E-state index is -1.23. The molecule has 1 aliphatic carbocycles. The molecule has 0 radical (unpaired) electrons. The monoisotopic (exact) mass is 331 g/mol. The Morgan fingerprint density at radius 2 is 1.96 bits per heavy atom. The number of ether oxygens (including phenoxy) is 1. The van der Waals surface area contributed by atoms with Gasteiger partial charge in [0.15, 0.2) is 5.69 Å². The van der Waals surface area contributed by atoms with E-state index >= 15 is 0 Å². The third-order valence-corrected chi connectivity index (χ3v) is 3.47. The summed E-state index contributed by atoms with van der Waals surface area (Å²) in [5.41, 5.74) is -0.00887. The second-order valence-corrected chi connectivity index (χ2v) is 5.44. The van der Waals surface area contributed by atoms with Gasteiger partial charge in [-0.25, -0.2) is 19.2 Å². The maximum absolute atomic E-state index is 13.4. The number of benzene rings is 1. The van der Waals surface area contributed by atoms with E-state index in [9.17, 15) is 14.0 Å². The molecular weight excluding hydrogens is 317 g/mol. The predicted molar refractivity (Wildman–Crippen MR) is 81.6 cm³/mol. The van der Waals surface area contributed by atoms with Gasteiger partial charge in [-0.3, -0.25) is 4.79 Å². The maximum Gasteiger partial charge on any atom is 0.356 e. The first-order valence-electron chi connectivity index (χ1n) is 7.32. The summed E-state index contributed by atoms with van der Waals surface area (Å²) >= 11 is 0. The highest BCUT2D eigenvalue weighted by Gasteiger charge is 2.23. The molecule has 1 aromatic carbocycles. The molecule has 0 spiro atoms. The van der Waals surface area contributed by atoms with E-state index in [0.717, 1.165) is 25.2 Å². The number of nitrogens with zero attached hydrogens (tertiary/aromatic N) is 2. The second kappa shape index (κ2) is 6.61. The summed E-state index contributed by atoms with van der Waals surface area (Å²) in [5, 5.41) is 11.3. The van der Waals surface area contributed by atoms with Gasteiger partial charge in [0.25, 0.3) is 5.91 Å². The fourth-order valence-corrected chi connectivity index (χ4v) is 1.95. The minimum Gasteiger partial charge on any atom is -0.491 e. The van der Waals surface area contributed by atoms with Gasteiger partial charge in [0.1, 0.15) is 17.3 Å². The van der Waals surface area contributed by atoms with E-state index in [1.54, 1.807) is 0 Å². The number of carboxylic acid groups (broad SMARTS) is 1. The zero-order valence-corrected chi connectivity index (χ0v) is 12.5. The Balaban J connectivity index is 1.74. The van der Waals surface area contributed by atoms with E-state index in [2.05, 4.69) is 15.3 Å². The average molecular weight is 331 g/mol. The van der Waals surface area contributed by atoms with Crippen molar-refractivity contribution in [3.63, 3.8) is 0 Å². The van der Waals surface area contributed by atoms with Gasteiger partial charge in [0.05, 0.1) is 24.7 Å². The third-order valence-electron chi connectivity index (χ3n) is 3.47. The van der Waals surface area contributed by atoms with Gasteiger partial charge in [-0.15, -0.1) is 0 Å². The highest BCUT2D eigenvalue weighted by atomic mass is 19.1. The summed E-state index contributed by atoms with van der Waals surface area (Å²) in [6.07, 6.45) is 4.23. The highest BCUT2D eigenvalue weighted by molar-refractivity contribution is 6.03. The van der Waals surface area contributed by atoms with Crippen molar-refractivity contribution in [2.24, 2.45) is 5.92 Å². The molecule has 1 amide bonds. The van der Waals surface area contributed by atoms with Crippen LogP contribution in [0.3, 0.4) is 0 Å². The Morgan fingerprint density at radius 1 is 1.25 bits per heavy atom. The standard InChI is InChI=1S/C16H14FN3O4/c17-10-3-4-11(14(5-10)24-8-9-1-2-9)20-15(21)12-6-19-13(7-18-12)16(22)23/h3-7,9H,1-2,8H2,(H,20,21)(H,22,23). The van der Waals surface area contributed by atoms with E-state index in [-0.39, 0.29) is 17.1 Å². The quantitative estimate of drug-likeness (QED) is 0.842. The summed E-state index contributed by atoms with van der Waals surface area (Å²) in [4.78, 5) is 30.3. The average Bonchev–Trinajstić information content (AvgIpc) is 3.39. The number of anilines is 1. The first-order chi connectivity index (χ1) is 11.5. The Labute approximate surface area is 136 Å². The van der Waals surface area contributed by atoms with Crippen LogP contribution in [0.5, 0.6) is 5.75 Å². The van der Waals surface area contributed by atoms with E-state index in [0.29, 0.717) is 18.2 Å².